The predicted octanol–water partition coefficient (Wildman–Crippen LogP) is 0.259. The summed E-state index contributed by atoms with van der Waals surface area (Å²) >= 11 is 1.52. The lowest BCUT2D eigenvalue weighted by molar-refractivity contribution is -0.153. The maximum Gasteiger partial charge on any atom is 0.327 e. The van der Waals surface area contributed by atoms with Crippen molar-refractivity contribution in [3.63, 3.8) is 0 Å². The maximum atomic E-state index is 12.7. The summed E-state index contributed by atoms with van der Waals surface area (Å²) in [4.78, 5) is 25.5. The Labute approximate surface area is 116 Å². The first-order valence-corrected chi connectivity index (χ1v) is 7.58. The fourth-order valence-electron chi connectivity index (χ4n) is 2.55. The molecule has 6 nitrogen and oxygen atoms in total. The summed E-state index contributed by atoms with van der Waals surface area (Å²) in [5.74, 6) is -0.751. The predicted molar refractivity (Wildman–Crippen MR) is 71.8 cm³/mol. The third-order valence-electron chi connectivity index (χ3n) is 3.77. The van der Waals surface area contributed by atoms with E-state index in [0.717, 1.165) is 6.42 Å². The summed E-state index contributed by atoms with van der Waals surface area (Å²) in [6, 6.07) is -0.759. The number of nitrogens with two attached hydrogens (primary N) is 1. The van der Waals surface area contributed by atoms with E-state index < -0.39 is 17.6 Å². The highest BCUT2D eigenvalue weighted by Gasteiger charge is 2.48. The Hall–Kier alpha value is -0.790. The minimum Gasteiger partial charge on any atom is -0.480 e. The van der Waals surface area contributed by atoms with E-state index in [0.29, 0.717) is 31.8 Å². The van der Waals surface area contributed by atoms with E-state index in [-0.39, 0.29) is 11.3 Å². The highest BCUT2D eigenvalue weighted by Crippen LogP contribution is 2.34. The van der Waals surface area contributed by atoms with Crippen LogP contribution in [0.4, 0.5) is 0 Å². The number of nitrogens with zero attached hydrogens (tertiary/aromatic N) is 1. The molecular weight excluding hydrogens is 268 g/mol. The summed E-state index contributed by atoms with van der Waals surface area (Å²) in [7, 11) is 0. The number of rotatable bonds is 3. The summed E-state index contributed by atoms with van der Waals surface area (Å²) < 4.78 is 5.23. The fraction of sp³-hybridized carbons (Fsp3) is 0.833. The molecule has 19 heavy (non-hydrogen) atoms. The topological polar surface area (TPSA) is 92.9 Å². The van der Waals surface area contributed by atoms with Gasteiger partial charge in [0.15, 0.2) is 0 Å². The van der Waals surface area contributed by atoms with Crippen molar-refractivity contribution in [2.75, 3.05) is 19.0 Å². The van der Waals surface area contributed by atoms with Crippen LogP contribution in [0.1, 0.15) is 26.2 Å². The molecule has 108 valence electrons. The van der Waals surface area contributed by atoms with Crippen LogP contribution in [0.3, 0.4) is 0 Å². The van der Waals surface area contributed by atoms with E-state index in [1.165, 1.54) is 16.7 Å². The Bertz CT molecular complexity index is 371. The van der Waals surface area contributed by atoms with Crippen molar-refractivity contribution in [1.29, 1.82) is 0 Å². The van der Waals surface area contributed by atoms with Crippen molar-refractivity contribution in [2.24, 2.45) is 5.73 Å². The van der Waals surface area contributed by atoms with Crippen LogP contribution >= 0.6 is 11.8 Å². The van der Waals surface area contributed by atoms with Gasteiger partial charge in [-0.15, -0.1) is 11.8 Å². The van der Waals surface area contributed by atoms with Gasteiger partial charge in [-0.05, 0) is 19.3 Å². The number of carboxylic acids is 1. The van der Waals surface area contributed by atoms with Crippen molar-refractivity contribution in [2.45, 2.75) is 43.1 Å². The van der Waals surface area contributed by atoms with Crippen LogP contribution in [0.5, 0.6) is 0 Å². The minimum atomic E-state index is -0.968. The van der Waals surface area contributed by atoms with Crippen molar-refractivity contribution in [3.05, 3.63) is 0 Å². The van der Waals surface area contributed by atoms with Gasteiger partial charge in [-0.3, -0.25) is 4.79 Å². The van der Waals surface area contributed by atoms with Gasteiger partial charge in [0.1, 0.15) is 11.6 Å². The zero-order valence-electron chi connectivity index (χ0n) is 11.0. The molecule has 2 aliphatic rings. The highest BCUT2D eigenvalue weighted by molar-refractivity contribution is 8.00. The van der Waals surface area contributed by atoms with E-state index in [1.807, 2.05) is 6.92 Å². The number of carboxylic acid groups (broad SMARTS) is 1. The first kappa shape index (κ1) is 14.6. The van der Waals surface area contributed by atoms with Gasteiger partial charge >= 0.3 is 5.97 Å². The van der Waals surface area contributed by atoms with Gasteiger partial charge < -0.3 is 20.5 Å². The number of amides is 1. The van der Waals surface area contributed by atoms with Crippen molar-refractivity contribution in [1.82, 2.24) is 4.90 Å². The molecule has 0 aromatic rings. The molecule has 2 fully saturated rings. The smallest absolute Gasteiger partial charge is 0.327 e. The number of carbonyl (C=O) groups is 2. The molecule has 3 N–H and O–H groups in total. The molecule has 7 heteroatoms. The number of carbonyl (C=O) groups excluding carboxylic acids is 1. The first-order chi connectivity index (χ1) is 8.99. The Morgan fingerprint density at radius 1 is 1.47 bits per heavy atom. The van der Waals surface area contributed by atoms with Crippen LogP contribution in [0.25, 0.3) is 0 Å². The number of hydrogen-bond donors (Lipinski definition) is 2. The summed E-state index contributed by atoms with van der Waals surface area (Å²) in [6.45, 7) is 2.87. The molecule has 0 aromatic carbocycles. The second-order valence-electron chi connectivity index (χ2n) is 5.03. The normalized spacial score (nSPS) is 30.3. The van der Waals surface area contributed by atoms with Crippen LogP contribution in [0, 0.1) is 0 Å². The van der Waals surface area contributed by atoms with Gasteiger partial charge in [0.2, 0.25) is 5.91 Å². The molecule has 0 radical (unpaired) electrons. The SMILES string of the molecule is CCC1SCC(C(=O)O)N1C(=O)C1(N)CCOCC1. The number of ether oxygens (including phenoxy) is 1. The molecule has 0 bridgehead atoms. The number of aliphatic carboxylic acids is 1. The molecule has 0 saturated carbocycles. The van der Waals surface area contributed by atoms with Gasteiger partial charge in [0, 0.05) is 19.0 Å². The van der Waals surface area contributed by atoms with E-state index >= 15 is 0 Å². The van der Waals surface area contributed by atoms with Crippen LogP contribution in [-0.4, -0.2) is 57.8 Å². The van der Waals surface area contributed by atoms with Crippen molar-refractivity contribution >= 4 is 23.6 Å². The average Bonchev–Trinajstić information content (AvgIpc) is 2.82. The second-order valence-corrected chi connectivity index (χ2v) is 6.24. The molecule has 2 saturated heterocycles. The van der Waals surface area contributed by atoms with Crippen molar-refractivity contribution in [3.8, 4) is 0 Å². The van der Waals surface area contributed by atoms with Crippen LogP contribution in [0.15, 0.2) is 0 Å². The van der Waals surface area contributed by atoms with Crippen molar-refractivity contribution < 1.29 is 19.4 Å². The molecular formula is C12H20N2O4S. The lowest BCUT2D eigenvalue weighted by Gasteiger charge is -2.38. The standard InChI is InChI=1S/C12H20N2O4S/c1-2-9-14(8(7-19-9)10(15)16)11(17)12(13)3-5-18-6-4-12/h8-9H,2-7,13H2,1H3,(H,15,16). The lowest BCUT2D eigenvalue weighted by atomic mass is 9.89. The van der Waals surface area contributed by atoms with Gasteiger partial charge in [-0.1, -0.05) is 6.92 Å². The van der Waals surface area contributed by atoms with Crippen LogP contribution in [0.2, 0.25) is 0 Å². The monoisotopic (exact) mass is 288 g/mol. The molecule has 2 aliphatic heterocycles. The molecule has 2 unspecified atom stereocenters. The molecule has 1 amide bonds. The largest absolute Gasteiger partial charge is 0.480 e. The zero-order chi connectivity index (χ0) is 14.0. The quantitative estimate of drug-likeness (QED) is 0.774. The van der Waals surface area contributed by atoms with E-state index in [9.17, 15) is 14.7 Å². The molecule has 0 aromatic heterocycles. The fourth-order valence-corrected chi connectivity index (χ4v) is 3.89. The van der Waals surface area contributed by atoms with Crippen LogP contribution in [-0.2, 0) is 14.3 Å². The van der Waals surface area contributed by atoms with E-state index in [4.69, 9.17) is 10.5 Å². The third-order valence-corrected chi connectivity index (χ3v) is 5.23. The Kier molecular flexibility index (Phi) is 4.37. The Balaban J connectivity index is 2.20. The summed E-state index contributed by atoms with van der Waals surface area (Å²) in [5.41, 5.74) is 5.22. The average molecular weight is 288 g/mol. The number of hydrogen-bond acceptors (Lipinski definition) is 5. The minimum absolute atomic E-state index is 0.0862. The highest BCUT2D eigenvalue weighted by atomic mass is 32.2. The zero-order valence-corrected chi connectivity index (χ0v) is 11.8. The van der Waals surface area contributed by atoms with Crippen LogP contribution < -0.4 is 5.73 Å². The third kappa shape index (κ3) is 2.73. The Morgan fingerprint density at radius 3 is 2.63 bits per heavy atom. The Morgan fingerprint density at radius 2 is 2.11 bits per heavy atom. The van der Waals surface area contributed by atoms with E-state index in [1.54, 1.807) is 0 Å². The molecule has 2 rings (SSSR count). The van der Waals surface area contributed by atoms with E-state index in [2.05, 4.69) is 0 Å². The summed E-state index contributed by atoms with van der Waals surface area (Å²) in [5, 5.41) is 9.17. The first-order valence-electron chi connectivity index (χ1n) is 6.53. The molecule has 2 heterocycles. The molecule has 0 spiro atoms. The van der Waals surface area contributed by atoms with Gasteiger partial charge in [0.25, 0.3) is 0 Å². The molecule has 2 atom stereocenters. The van der Waals surface area contributed by atoms with Gasteiger partial charge in [0.05, 0.1) is 5.37 Å². The van der Waals surface area contributed by atoms with Gasteiger partial charge in [-0.25, -0.2) is 4.79 Å². The maximum absolute atomic E-state index is 12.7. The number of thioether (sulfide) groups is 1. The summed E-state index contributed by atoms with van der Waals surface area (Å²) in [6.07, 6.45) is 1.64. The molecule has 0 aliphatic carbocycles. The van der Waals surface area contributed by atoms with Gasteiger partial charge in [-0.2, -0.15) is 0 Å². The lowest BCUT2D eigenvalue weighted by Crippen LogP contribution is -2.61. The second kappa shape index (κ2) is 5.68.